The summed E-state index contributed by atoms with van der Waals surface area (Å²) in [5.74, 6) is -0.367. The van der Waals surface area contributed by atoms with Crippen molar-refractivity contribution in [3.63, 3.8) is 0 Å². The largest absolute Gasteiger partial charge is 0.466 e. The highest BCUT2D eigenvalue weighted by Gasteiger charge is 2.26. The highest BCUT2D eigenvalue weighted by Crippen LogP contribution is 2.20. The van der Waals surface area contributed by atoms with Crippen LogP contribution in [0.5, 0.6) is 0 Å². The number of carbonyl (C=O) groups excluding carboxylic acids is 1. The van der Waals surface area contributed by atoms with E-state index >= 15 is 0 Å². The number of carbonyl (C=O) groups is 1. The topological polar surface area (TPSA) is 98.6 Å². The van der Waals surface area contributed by atoms with Crippen molar-refractivity contribution in [1.82, 2.24) is 0 Å². The Morgan fingerprint density at radius 1 is 1.22 bits per heavy atom. The maximum Gasteiger partial charge on any atom is 0.305 e. The Labute approximate surface area is 107 Å². The van der Waals surface area contributed by atoms with E-state index in [-0.39, 0.29) is 18.8 Å². The third-order valence-electron chi connectivity index (χ3n) is 2.16. The molecule has 0 fully saturated rings. The first-order chi connectivity index (χ1) is 8.28. The molecule has 0 spiro atoms. The monoisotopic (exact) mass is 250 g/mol. The minimum Gasteiger partial charge on any atom is -0.466 e. The molecule has 6 heteroatoms. The number of azo groups is 1. The maximum absolute atomic E-state index is 11.2. The number of nitriles is 2. The molecule has 0 aromatic rings. The van der Waals surface area contributed by atoms with Gasteiger partial charge >= 0.3 is 5.97 Å². The van der Waals surface area contributed by atoms with Gasteiger partial charge in [-0.3, -0.25) is 4.79 Å². The molecule has 98 valence electrons. The molecule has 0 saturated heterocycles. The summed E-state index contributed by atoms with van der Waals surface area (Å²) in [6.07, 6.45) is 0.317. The molecule has 18 heavy (non-hydrogen) atoms. The van der Waals surface area contributed by atoms with Gasteiger partial charge < -0.3 is 4.74 Å². The van der Waals surface area contributed by atoms with Gasteiger partial charge in [-0.25, -0.2) is 0 Å². The van der Waals surface area contributed by atoms with Crippen LogP contribution < -0.4 is 0 Å². The average molecular weight is 250 g/mol. The number of ether oxygens (including phenoxy) is 1. The fourth-order valence-electron chi connectivity index (χ4n) is 0.965. The predicted molar refractivity (Wildman–Crippen MR) is 64.4 cm³/mol. The van der Waals surface area contributed by atoms with Crippen molar-refractivity contribution in [2.24, 2.45) is 10.2 Å². The van der Waals surface area contributed by atoms with Gasteiger partial charge in [0.1, 0.15) is 0 Å². The molecule has 0 heterocycles. The first-order valence-electron chi connectivity index (χ1n) is 5.71. The molecule has 0 rings (SSSR count). The molecular formula is C12H18N4O2. The molecule has 6 nitrogen and oxygen atoms in total. The Morgan fingerprint density at radius 2 is 1.83 bits per heavy atom. The summed E-state index contributed by atoms with van der Waals surface area (Å²) in [6, 6.07) is 3.96. The Bertz CT molecular complexity index is 403. The summed E-state index contributed by atoms with van der Waals surface area (Å²) in [7, 11) is 0. The van der Waals surface area contributed by atoms with Gasteiger partial charge in [0.15, 0.2) is 11.1 Å². The standard InChI is InChI=1S/C12H18N4O2/c1-5-18-10(17)6-7-12(4,9-14)16-15-11(2,3)8-13/h5-7H2,1-4H3. The van der Waals surface area contributed by atoms with Crippen molar-refractivity contribution in [3.05, 3.63) is 0 Å². The third kappa shape index (κ3) is 5.95. The summed E-state index contributed by atoms with van der Waals surface area (Å²) in [6.45, 7) is 6.80. The number of nitrogens with zero attached hydrogens (tertiary/aromatic N) is 4. The zero-order valence-electron chi connectivity index (χ0n) is 11.2. The number of hydrogen-bond donors (Lipinski definition) is 0. The van der Waals surface area contributed by atoms with Crippen molar-refractivity contribution in [3.8, 4) is 12.1 Å². The van der Waals surface area contributed by atoms with Gasteiger partial charge in [-0.05, 0) is 34.1 Å². The van der Waals surface area contributed by atoms with Gasteiger partial charge in [-0.2, -0.15) is 20.8 Å². The normalized spacial score (nSPS) is 14.6. The van der Waals surface area contributed by atoms with Gasteiger partial charge in [0, 0.05) is 6.42 Å². The third-order valence-corrected chi connectivity index (χ3v) is 2.16. The van der Waals surface area contributed by atoms with Gasteiger partial charge in [-0.15, -0.1) is 0 Å². The van der Waals surface area contributed by atoms with Crippen molar-refractivity contribution in [2.75, 3.05) is 6.61 Å². The smallest absolute Gasteiger partial charge is 0.305 e. The summed E-state index contributed by atoms with van der Waals surface area (Å²) < 4.78 is 4.78. The summed E-state index contributed by atoms with van der Waals surface area (Å²) in [5, 5.41) is 25.6. The highest BCUT2D eigenvalue weighted by molar-refractivity contribution is 5.69. The Kier molecular flexibility index (Phi) is 5.98. The zero-order valence-corrected chi connectivity index (χ0v) is 11.2. The summed E-state index contributed by atoms with van der Waals surface area (Å²) in [5.41, 5.74) is -2.08. The predicted octanol–water partition coefficient (Wildman–Crippen LogP) is 2.37. The van der Waals surface area contributed by atoms with Crippen LogP contribution >= 0.6 is 0 Å². The molecule has 0 aliphatic heterocycles. The van der Waals surface area contributed by atoms with Gasteiger partial charge in [0.2, 0.25) is 0 Å². The molecule has 0 aromatic heterocycles. The molecule has 0 aliphatic rings. The van der Waals surface area contributed by atoms with Crippen molar-refractivity contribution in [1.29, 1.82) is 10.5 Å². The second-order valence-corrected chi connectivity index (χ2v) is 4.56. The zero-order chi connectivity index (χ0) is 14.2. The molecule has 0 aliphatic carbocycles. The molecule has 0 amide bonds. The van der Waals surface area contributed by atoms with E-state index in [4.69, 9.17) is 15.3 Å². The lowest BCUT2D eigenvalue weighted by Crippen LogP contribution is -2.23. The number of hydrogen-bond acceptors (Lipinski definition) is 6. The lowest BCUT2D eigenvalue weighted by molar-refractivity contribution is -0.143. The molecule has 0 saturated carbocycles. The van der Waals surface area contributed by atoms with E-state index in [0.717, 1.165) is 0 Å². The van der Waals surface area contributed by atoms with Crippen LogP contribution in [-0.2, 0) is 9.53 Å². The van der Waals surface area contributed by atoms with Crippen LogP contribution in [0.1, 0.15) is 40.5 Å². The Balaban J connectivity index is 4.61. The van der Waals surface area contributed by atoms with E-state index in [1.54, 1.807) is 27.7 Å². The van der Waals surface area contributed by atoms with Crippen LogP contribution in [0.3, 0.4) is 0 Å². The van der Waals surface area contributed by atoms with E-state index in [1.807, 2.05) is 12.1 Å². The minimum absolute atomic E-state index is 0.101. The lowest BCUT2D eigenvalue weighted by atomic mass is 9.99. The van der Waals surface area contributed by atoms with Gasteiger partial charge in [0.05, 0.1) is 18.7 Å². The average Bonchev–Trinajstić information content (AvgIpc) is 2.35. The van der Waals surface area contributed by atoms with E-state index in [9.17, 15) is 4.79 Å². The second kappa shape index (κ2) is 6.70. The molecule has 0 N–H and O–H groups in total. The van der Waals surface area contributed by atoms with Crippen LogP contribution in [0.15, 0.2) is 10.2 Å². The lowest BCUT2D eigenvalue weighted by Gasteiger charge is -2.16. The van der Waals surface area contributed by atoms with Crippen LogP contribution in [0.25, 0.3) is 0 Å². The molecule has 0 aromatic carbocycles. The van der Waals surface area contributed by atoms with Crippen LogP contribution in [-0.4, -0.2) is 23.7 Å². The first kappa shape index (κ1) is 16.1. The SMILES string of the molecule is CCOC(=O)CCC(C)(C#N)N=NC(C)(C)C#N. The maximum atomic E-state index is 11.2. The van der Waals surface area contributed by atoms with E-state index in [1.165, 1.54) is 0 Å². The second-order valence-electron chi connectivity index (χ2n) is 4.56. The van der Waals surface area contributed by atoms with Crippen molar-refractivity contribution < 1.29 is 9.53 Å². The van der Waals surface area contributed by atoms with Gasteiger partial charge in [0.25, 0.3) is 0 Å². The molecular weight excluding hydrogens is 232 g/mol. The Morgan fingerprint density at radius 3 is 2.28 bits per heavy atom. The quantitative estimate of drug-likeness (QED) is 0.533. The van der Waals surface area contributed by atoms with Crippen LogP contribution in [0.4, 0.5) is 0 Å². The fourth-order valence-corrected chi connectivity index (χ4v) is 0.965. The minimum atomic E-state index is -1.11. The van der Waals surface area contributed by atoms with E-state index in [0.29, 0.717) is 6.61 Å². The molecule has 1 unspecified atom stereocenters. The number of rotatable bonds is 6. The molecule has 0 radical (unpaired) electrons. The van der Waals surface area contributed by atoms with Crippen molar-refractivity contribution >= 4 is 5.97 Å². The Hall–Kier alpha value is -1.95. The van der Waals surface area contributed by atoms with Crippen LogP contribution in [0.2, 0.25) is 0 Å². The number of esters is 1. The molecule has 1 atom stereocenters. The van der Waals surface area contributed by atoms with Crippen molar-refractivity contribution in [2.45, 2.75) is 51.6 Å². The first-order valence-corrected chi connectivity index (χ1v) is 5.71. The van der Waals surface area contributed by atoms with E-state index in [2.05, 4.69) is 10.2 Å². The van der Waals surface area contributed by atoms with Gasteiger partial charge in [-0.1, -0.05) is 0 Å². The summed E-state index contributed by atoms with van der Waals surface area (Å²) >= 11 is 0. The molecule has 0 bridgehead atoms. The fraction of sp³-hybridized carbons (Fsp3) is 0.750. The van der Waals surface area contributed by atoms with Crippen LogP contribution in [0, 0.1) is 22.7 Å². The highest BCUT2D eigenvalue weighted by atomic mass is 16.5. The van der Waals surface area contributed by atoms with E-state index < -0.39 is 11.1 Å². The summed E-state index contributed by atoms with van der Waals surface area (Å²) in [4.78, 5) is 11.2.